The quantitative estimate of drug-likeness (QED) is 0.835. The molecule has 0 saturated carbocycles. The average molecular weight is 302 g/mol. The van der Waals surface area contributed by atoms with Crippen molar-refractivity contribution in [1.82, 2.24) is 9.88 Å². The van der Waals surface area contributed by atoms with Crippen molar-refractivity contribution >= 4 is 35.0 Å². The van der Waals surface area contributed by atoms with Gasteiger partial charge in [0.1, 0.15) is 12.1 Å². The molecule has 1 aliphatic heterocycles. The Morgan fingerprint density at radius 2 is 2.32 bits per heavy atom. The molecule has 0 radical (unpaired) electrons. The SMILES string of the molecule is Cc1csc(=O)n1CC(=O)NC1(C(=O)O)CCSC1. The van der Waals surface area contributed by atoms with Gasteiger partial charge in [-0.2, -0.15) is 11.8 Å². The number of thioether (sulfide) groups is 1. The summed E-state index contributed by atoms with van der Waals surface area (Å²) in [4.78, 5) is 34.5. The highest BCUT2D eigenvalue weighted by Gasteiger charge is 2.43. The van der Waals surface area contributed by atoms with Crippen LogP contribution in [0.1, 0.15) is 12.1 Å². The summed E-state index contributed by atoms with van der Waals surface area (Å²) >= 11 is 2.53. The fraction of sp³-hybridized carbons (Fsp3) is 0.545. The maximum absolute atomic E-state index is 11.9. The third-order valence-electron chi connectivity index (χ3n) is 3.09. The zero-order chi connectivity index (χ0) is 14.0. The first kappa shape index (κ1) is 14.1. The number of thiazole rings is 1. The molecular formula is C11H14N2O4S2. The molecule has 1 aromatic heterocycles. The molecule has 0 bridgehead atoms. The molecular weight excluding hydrogens is 288 g/mol. The number of nitrogens with zero attached hydrogens (tertiary/aromatic N) is 1. The number of carboxylic acids is 1. The van der Waals surface area contributed by atoms with Crippen LogP contribution < -0.4 is 10.2 Å². The van der Waals surface area contributed by atoms with Gasteiger partial charge in [0, 0.05) is 16.8 Å². The van der Waals surface area contributed by atoms with Crippen LogP contribution in [0.25, 0.3) is 0 Å². The number of nitrogens with one attached hydrogen (secondary N) is 1. The van der Waals surface area contributed by atoms with Crippen LogP contribution in [-0.2, 0) is 16.1 Å². The number of carbonyl (C=O) groups is 2. The highest BCUT2D eigenvalue weighted by molar-refractivity contribution is 7.99. The summed E-state index contributed by atoms with van der Waals surface area (Å²) in [5.41, 5.74) is -0.481. The number of hydrogen-bond acceptors (Lipinski definition) is 5. The highest BCUT2D eigenvalue weighted by Crippen LogP contribution is 2.28. The van der Waals surface area contributed by atoms with E-state index in [0.29, 0.717) is 23.6 Å². The van der Waals surface area contributed by atoms with Gasteiger partial charge < -0.3 is 10.4 Å². The second-order valence-corrected chi connectivity index (χ2v) is 6.39. The summed E-state index contributed by atoms with van der Waals surface area (Å²) in [6, 6.07) is 0. The van der Waals surface area contributed by atoms with Crippen LogP contribution in [0, 0.1) is 6.92 Å². The third kappa shape index (κ3) is 2.84. The molecule has 1 saturated heterocycles. The fourth-order valence-electron chi connectivity index (χ4n) is 1.93. The van der Waals surface area contributed by atoms with E-state index in [1.165, 1.54) is 16.3 Å². The summed E-state index contributed by atoms with van der Waals surface area (Å²) in [5.74, 6) is -0.371. The van der Waals surface area contributed by atoms with Gasteiger partial charge in [-0.3, -0.25) is 14.2 Å². The van der Waals surface area contributed by atoms with Gasteiger partial charge in [0.15, 0.2) is 0 Å². The van der Waals surface area contributed by atoms with Crippen molar-refractivity contribution < 1.29 is 14.7 Å². The van der Waals surface area contributed by atoms with Gasteiger partial charge in [0.25, 0.3) is 0 Å². The van der Waals surface area contributed by atoms with E-state index < -0.39 is 17.4 Å². The molecule has 1 fully saturated rings. The first-order chi connectivity index (χ1) is 8.94. The molecule has 2 N–H and O–H groups in total. The van der Waals surface area contributed by atoms with Gasteiger partial charge >= 0.3 is 10.8 Å². The van der Waals surface area contributed by atoms with E-state index in [0.717, 1.165) is 11.3 Å². The predicted molar refractivity (Wildman–Crippen MR) is 73.8 cm³/mol. The minimum absolute atomic E-state index is 0.131. The normalized spacial score (nSPS) is 22.4. The Kier molecular flexibility index (Phi) is 4.00. The molecule has 0 aliphatic carbocycles. The van der Waals surface area contributed by atoms with E-state index in [9.17, 15) is 19.5 Å². The van der Waals surface area contributed by atoms with Crippen molar-refractivity contribution in [3.05, 3.63) is 20.7 Å². The lowest BCUT2D eigenvalue weighted by molar-refractivity contribution is -0.146. The summed E-state index contributed by atoms with van der Waals surface area (Å²) in [7, 11) is 0. The van der Waals surface area contributed by atoms with Crippen molar-refractivity contribution in [2.45, 2.75) is 25.4 Å². The van der Waals surface area contributed by atoms with Crippen LogP contribution in [0.15, 0.2) is 10.2 Å². The Bertz CT molecular complexity index is 557. The number of aromatic nitrogens is 1. The minimum atomic E-state index is -1.19. The Morgan fingerprint density at radius 1 is 1.58 bits per heavy atom. The minimum Gasteiger partial charge on any atom is -0.479 e. The highest BCUT2D eigenvalue weighted by atomic mass is 32.2. The van der Waals surface area contributed by atoms with Crippen LogP contribution in [-0.4, -0.2) is 38.6 Å². The van der Waals surface area contributed by atoms with Crippen LogP contribution in [0.2, 0.25) is 0 Å². The number of amides is 1. The molecule has 2 heterocycles. The van der Waals surface area contributed by atoms with E-state index >= 15 is 0 Å². The zero-order valence-electron chi connectivity index (χ0n) is 10.3. The Labute approximate surface area is 117 Å². The molecule has 1 amide bonds. The van der Waals surface area contributed by atoms with Crippen molar-refractivity contribution in [3.8, 4) is 0 Å². The van der Waals surface area contributed by atoms with Gasteiger partial charge in [0.2, 0.25) is 5.91 Å². The molecule has 1 aromatic rings. The number of aryl methyl sites for hydroxylation is 1. The number of carbonyl (C=O) groups excluding carboxylic acids is 1. The molecule has 1 atom stereocenters. The van der Waals surface area contributed by atoms with Crippen molar-refractivity contribution in [1.29, 1.82) is 0 Å². The maximum Gasteiger partial charge on any atom is 0.330 e. The first-order valence-electron chi connectivity index (χ1n) is 5.72. The summed E-state index contributed by atoms with van der Waals surface area (Å²) in [6.45, 7) is 1.61. The second-order valence-electron chi connectivity index (χ2n) is 4.47. The molecule has 1 unspecified atom stereocenters. The van der Waals surface area contributed by atoms with Crippen LogP contribution in [0.4, 0.5) is 0 Å². The monoisotopic (exact) mass is 302 g/mol. The molecule has 8 heteroatoms. The Morgan fingerprint density at radius 3 is 2.79 bits per heavy atom. The topological polar surface area (TPSA) is 88.4 Å². The maximum atomic E-state index is 11.9. The van der Waals surface area contributed by atoms with Gasteiger partial charge in [-0.1, -0.05) is 11.3 Å². The lowest BCUT2D eigenvalue weighted by atomic mass is 9.99. The van der Waals surface area contributed by atoms with Gasteiger partial charge in [-0.05, 0) is 19.1 Å². The lowest BCUT2D eigenvalue weighted by Crippen LogP contribution is -2.55. The molecule has 19 heavy (non-hydrogen) atoms. The van der Waals surface area contributed by atoms with Gasteiger partial charge in [-0.25, -0.2) is 4.79 Å². The largest absolute Gasteiger partial charge is 0.479 e. The Balaban J connectivity index is 2.09. The van der Waals surface area contributed by atoms with Crippen molar-refractivity contribution in [2.24, 2.45) is 0 Å². The lowest BCUT2D eigenvalue weighted by Gasteiger charge is -2.24. The average Bonchev–Trinajstić information content (AvgIpc) is 2.92. The Hall–Kier alpha value is -1.28. The zero-order valence-corrected chi connectivity index (χ0v) is 12.0. The van der Waals surface area contributed by atoms with E-state index in [1.807, 2.05) is 0 Å². The fourth-order valence-corrected chi connectivity index (χ4v) is 3.99. The molecule has 104 valence electrons. The van der Waals surface area contributed by atoms with E-state index in [-0.39, 0.29) is 11.4 Å². The van der Waals surface area contributed by atoms with Gasteiger partial charge in [0.05, 0.1) is 0 Å². The second kappa shape index (κ2) is 5.38. The summed E-state index contributed by atoms with van der Waals surface area (Å²) in [5, 5.41) is 13.5. The van der Waals surface area contributed by atoms with E-state index in [2.05, 4.69) is 5.32 Å². The standard InChI is InChI=1S/C11H14N2O4S2/c1-7-5-19-10(17)13(7)4-8(14)12-11(9(15)16)2-3-18-6-11/h5H,2-4,6H2,1H3,(H,12,14)(H,15,16). The van der Waals surface area contributed by atoms with E-state index in [1.54, 1.807) is 12.3 Å². The van der Waals surface area contributed by atoms with Crippen molar-refractivity contribution in [2.75, 3.05) is 11.5 Å². The summed E-state index contributed by atoms with van der Waals surface area (Å²) < 4.78 is 1.34. The van der Waals surface area contributed by atoms with Crippen molar-refractivity contribution in [3.63, 3.8) is 0 Å². The molecule has 1 aliphatic rings. The number of rotatable bonds is 4. The smallest absolute Gasteiger partial charge is 0.330 e. The number of hydrogen-bond donors (Lipinski definition) is 2. The van der Waals surface area contributed by atoms with Crippen LogP contribution in [0.3, 0.4) is 0 Å². The third-order valence-corrected chi connectivity index (χ3v) is 5.16. The predicted octanol–water partition coefficient (Wildman–Crippen LogP) is 0.295. The van der Waals surface area contributed by atoms with Gasteiger partial charge in [-0.15, -0.1) is 0 Å². The van der Waals surface area contributed by atoms with E-state index in [4.69, 9.17) is 0 Å². The number of aliphatic carboxylic acids is 1. The number of carboxylic acid groups (broad SMARTS) is 1. The van der Waals surface area contributed by atoms with Crippen LogP contribution >= 0.6 is 23.1 Å². The molecule has 0 aromatic carbocycles. The molecule has 2 rings (SSSR count). The first-order valence-corrected chi connectivity index (χ1v) is 7.75. The van der Waals surface area contributed by atoms with Crippen LogP contribution in [0.5, 0.6) is 0 Å². The molecule has 6 nitrogen and oxygen atoms in total. The summed E-state index contributed by atoms with van der Waals surface area (Å²) in [6.07, 6.45) is 0.413. The molecule has 0 spiro atoms.